The van der Waals surface area contributed by atoms with E-state index in [9.17, 15) is 0 Å². The first kappa shape index (κ1) is 14.8. The van der Waals surface area contributed by atoms with E-state index in [1.54, 1.807) is 0 Å². The van der Waals surface area contributed by atoms with Crippen molar-refractivity contribution in [2.75, 3.05) is 0 Å². The third-order valence-corrected chi connectivity index (χ3v) is 4.70. The van der Waals surface area contributed by atoms with Gasteiger partial charge in [-0.1, -0.05) is 36.4 Å². The van der Waals surface area contributed by atoms with Gasteiger partial charge < -0.3 is 14.0 Å². The van der Waals surface area contributed by atoms with E-state index in [1.165, 1.54) is 11.0 Å². The van der Waals surface area contributed by atoms with Gasteiger partial charge in [0, 0.05) is 0 Å². The molecule has 0 bridgehead atoms. The molecule has 1 aliphatic carbocycles. The van der Waals surface area contributed by atoms with Crippen LogP contribution in [0.1, 0.15) is 39.7 Å². The molecule has 1 saturated heterocycles. The molecule has 0 spiro atoms. The highest BCUT2D eigenvalue weighted by atomic mass is 16.7. The van der Waals surface area contributed by atoms with Gasteiger partial charge in [-0.15, -0.1) is 0 Å². The van der Waals surface area contributed by atoms with Crippen LogP contribution in [-0.2, 0) is 20.7 Å². The van der Waals surface area contributed by atoms with Gasteiger partial charge in [0.15, 0.2) is 0 Å². The average Bonchev–Trinajstić information content (AvgIpc) is 2.57. The molecule has 1 aromatic carbocycles. The highest BCUT2D eigenvalue weighted by molar-refractivity contribution is 6.55. The largest absolute Gasteiger partial charge is 0.490 e. The molecular formula is C17H23BO3. The van der Waals surface area contributed by atoms with E-state index in [-0.39, 0.29) is 24.4 Å². The van der Waals surface area contributed by atoms with Gasteiger partial charge in [-0.2, -0.15) is 0 Å². The second-order valence-corrected chi connectivity index (χ2v) is 6.87. The van der Waals surface area contributed by atoms with Crippen LogP contribution in [0.15, 0.2) is 41.9 Å². The van der Waals surface area contributed by atoms with E-state index >= 15 is 0 Å². The Morgan fingerprint density at radius 2 is 1.67 bits per heavy atom. The molecule has 1 atom stereocenters. The van der Waals surface area contributed by atoms with Crippen molar-refractivity contribution >= 4 is 7.12 Å². The smallest absolute Gasteiger partial charge is 0.400 e. The van der Waals surface area contributed by atoms with Gasteiger partial charge in [-0.25, -0.2) is 0 Å². The maximum Gasteiger partial charge on any atom is 0.490 e. The van der Waals surface area contributed by atoms with Crippen molar-refractivity contribution < 1.29 is 14.0 Å². The van der Waals surface area contributed by atoms with Crippen LogP contribution >= 0.6 is 0 Å². The van der Waals surface area contributed by atoms with E-state index in [0.29, 0.717) is 6.61 Å². The summed E-state index contributed by atoms with van der Waals surface area (Å²) in [6.07, 6.45) is 3.20. The molecule has 1 heterocycles. The van der Waals surface area contributed by atoms with Crippen molar-refractivity contribution in [3.05, 3.63) is 47.4 Å². The summed E-state index contributed by atoms with van der Waals surface area (Å²) >= 11 is 0. The lowest BCUT2D eigenvalue weighted by atomic mass is 9.69. The van der Waals surface area contributed by atoms with E-state index in [0.717, 1.165) is 6.42 Å². The van der Waals surface area contributed by atoms with Gasteiger partial charge in [-0.3, -0.25) is 0 Å². The summed E-state index contributed by atoms with van der Waals surface area (Å²) < 4.78 is 17.9. The minimum absolute atomic E-state index is 0.180. The zero-order valence-corrected chi connectivity index (χ0v) is 13.3. The fraction of sp³-hybridized carbons (Fsp3) is 0.529. The third-order valence-electron chi connectivity index (χ3n) is 4.70. The average molecular weight is 286 g/mol. The molecule has 21 heavy (non-hydrogen) atoms. The molecule has 1 aliphatic heterocycles. The Bertz CT molecular complexity index is 520. The van der Waals surface area contributed by atoms with Gasteiger partial charge in [0.25, 0.3) is 0 Å². The number of hydrogen-bond acceptors (Lipinski definition) is 3. The highest BCUT2D eigenvalue weighted by Crippen LogP contribution is 2.41. The quantitative estimate of drug-likeness (QED) is 0.792. The summed E-state index contributed by atoms with van der Waals surface area (Å²) in [7, 11) is -0.216. The second kappa shape index (κ2) is 5.27. The minimum Gasteiger partial charge on any atom is -0.400 e. The Labute approximate surface area is 127 Å². The van der Waals surface area contributed by atoms with Gasteiger partial charge in [0.05, 0.1) is 23.9 Å². The van der Waals surface area contributed by atoms with E-state index < -0.39 is 0 Å². The predicted molar refractivity (Wildman–Crippen MR) is 83.8 cm³/mol. The first-order valence-electron chi connectivity index (χ1n) is 7.59. The normalized spacial score (nSPS) is 26.4. The van der Waals surface area contributed by atoms with Crippen molar-refractivity contribution in [3.63, 3.8) is 0 Å². The summed E-state index contributed by atoms with van der Waals surface area (Å²) in [5.41, 5.74) is 1.87. The molecule has 0 radical (unpaired) electrons. The van der Waals surface area contributed by atoms with Crippen LogP contribution in [0.2, 0.25) is 0 Å². The zero-order valence-electron chi connectivity index (χ0n) is 13.3. The lowest BCUT2D eigenvalue weighted by Crippen LogP contribution is -2.41. The lowest BCUT2D eigenvalue weighted by Gasteiger charge is -2.32. The Balaban J connectivity index is 1.53. The van der Waals surface area contributed by atoms with Crippen molar-refractivity contribution in [3.8, 4) is 0 Å². The summed E-state index contributed by atoms with van der Waals surface area (Å²) in [5.74, 6) is 0. The molecule has 3 rings (SSSR count). The molecule has 1 aromatic rings. The molecule has 3 nitrogen and oxygen atoms in total. The van der Waals surface area contributed by atoms with Crippen molar-refractivity contribution in [1.29, 1.82) is 0 Å². The molecule has 4 heteroatoms. The lowest BCUT2D eigenvalue weighted by molar-refractivity contribution is 0.00578. The van der Waals surface area contributed by atoms with E-state index in [1.807, 2.05) is 18.2 Å². The van der Waals surface area contributed by atoms with E-state index in [4.69, 9.17) is 14.0 Å². The molecular weight excluding hydrogens is 263 g/mol. The molecule has 1 unspecified atom stereocenters. The van der Waals surface area contributed by atoms with Crippen LogP contribution < -0.4 is 0 Å². The molecule has 0 amide bonds. The monoisotopic (exact) mass is 286 g/mol. The van der Waals surface area contributed by atoms with Crippen LogP contribution in [0.3, 0.4) is 0 Å². The van der Waals surface area contributed by atoms with Crippen LogP contribution in [0.5, 0.6) is 0 Å². The van der Waals surface area contributed by atoms with Gasteiger partial charge >= 0.3 is 7.12 Å². The van der Waals surface area contributed by atoms with Gasteiger partial charge in [-0.05, 0) is 45.2 Å². The summed E-state index contributed by atoms with van der Waals surface area (Å²) in [6.45, 7) is 8.97. The number of ether oxygens (including phenoxy) is 1. The maximum atomic E-state index is 6.03. The molecule has 0 aromatic heterocycles. The standard InChI is InChI=1S/C17H23BO3/c1-16(2)17(3,4)21-18(20-16)14-10-15(11-14)19-12-13-8-6-5-7-9-13/h5-10,15H,11-12H2,1-4H3. The predicted octanol–water partition coefficient (Wildman–Crippen LogP) is 3.53. The summed E-state index contributed by atoms with van der Waals surface area (Å²) in [6, 6.07) is 10.2. The van der Waals surface area contributed by atoms with Crippen molar-refractivity contribution in [1.82, 2.24) is 0 Å². The van der Waals surface area contributed by atoms with Gasteiger partial charge in [0.1, 0.15) is 0 Å². The van der Waals surface area contributed by atoms with Crippen molar-refractivity contribution in [2.45, 2.75) is 58.0 Å². The number of hydrogen-bond donors (Lipinski definition) is 0. The van der Waals surface area contributed by atoms with E-state index in [2.05, 4.69) is 45.9 Å². The molecule has 1 fully saturated rings. The first-order chi connectivity index (χ1) is 9.87. The number of benzene rings is 1. The van der Waals surface area contributed by atoms with Crippen molar-refractivity contribution in [2.24, 2.45) is 0 Å². The van der Waals surface area contributed by atoms with Crippen LogP contribution in [0.25, 0.3) is 0 Å². The third kappa shape index (κ3) is 2.93. The summed E-state index contributed by atoms with van der Waals surface area (Å²) in [4.78, 5) is 0. The second-order valence-electron chi connectivity index (χ2n) is 6.87. The summed E-state index contributed by atoms with van der Waals surface area (Å²) in [5, 5.41) is 0. The first-order valence-corrected chi connectivity index (χ1v) is 7.59. The molecule has 2 aliphatic rings. The zero-order chi connectivity index (χ0) is 15.1. The Kier molecular flexibility index (Phi) is 3.72. The Hall–Kier alpha value is -1.10. The van der Waals surface area contributed by atoms with Crippen LogP contribution in [-0.4, -0.2) is 24.4 Å². The minimum atomic E-state index is -0.269. The fourth-order valence-electron chi connectivity index (χ4n) is 2.49. The van der Waals surface area contributed by atoms with Crippen LogP contribution in [0.4, 0.5) is 0 Å². The fourth-order valence-corrected chi connectivity index (χ4v) is 2.49. The van der Waals surface area contributed by atoms with Crippen LogP contribution in [0, 0.1) is 0 Å². The molecule has 0 N–H and O–H groups in total. The molecule has 112 valence electrons. The number of rotatable bonds is 4. The Morgan fingerprint density at radius 3 is 2.24 bits per heavy atom. The highest BCUT2D eigenvalue weighted by Gasteiger charge is 2.53. The SMILES string of the molecule is CC1(C)OB(C2=CC(OCc3ccccc3)C2)OC1(C)C. The van der Waals surface area contributed by atoms with Gasteiger partial charge in [0.2, 0.25) is 0 Å². The Morgan fingerprint density at radius 1 is 1.10 bits per heavy atom. The maximum absolute atomic E-state index is 6.03. The molecule has 0 saturated carbocycles. The topological polar surface area (TPSA) is 27.7 Å².